The number of aliphatic hydroxyl groups excluding tert-OH is 1. The fourth-order valence-electron chi connectivity index (χ4n) is 1.51. The molecule has 0 aliphatic carbocycles. The monoisotopic (exact) mass is 251 g/mol. The second-order valence-corrected chi connectivity index (χ2v) is 3.78. The fraction of sp³-hybridized carbons (Fsp3) is 0.154. The third-order valence-corrected chi connectivity index (χ3v) is 2.30. The Morgan fingerprint density at radius 3 is 2.50 bits per heavy atom. The van der Waals surface area contributed by atoms with Crippen molar-refractivity contribution in [1.29, 1.82) is 0 Å². The van der Waals surface area contributed by atoms with Crippen LogP contribution in [-0.2, 0) is 0 Å². The average molecular weight is 251 g/mol. The molecule has 0 spiro atoms. The zero-order valence-corrected chi connectivity index (χ0v) is 9.60. The molecule has 0 saturated carbocycles. The topological polar surface area (TPSA) is 42.4 Å². The van der Waals surface area contributed by atoms with Gasteiger partial charge in [0.25, 0.3) is 0 Å². The maximum atomic E-state index is 13.0. The predicted octanol–water partition coefficient (Wildman–Crippen LogP) is 3.21. The highest BCUT2D eigenvalue weighted by Gasteiger charge is 2.11. The largest absolute Gasteiger partial charge is 0.438 e. The molecule has 0 amide bonds. The van der Waals surface area contributed by atoms with Crippen molar-refractivity contribution in [3.8, 4) is 11.6 Å². The number of aromatic nitrogens is 1. The maximum Gasteiger partial charge on any atom is 0.225 e. The molecule has 1 aromatic carbocycles. The standard InChI is InChI=1S/C13H11F2NO2/c1-8(17)12-3-2-4-16-13(12)18-11-6-9(14)5-10(15)7-11/h2-8,17H,1H3/t8-/m1/s1. The van der Waals surface area contributed by atoms with Crippen molar-refractivity contribution in [2.24, 2.45) is 0 Å². The van der Waals surface area contributed by atoms with Gasteiger partial charge in [0.2, 0.25) is 5.88 Å². The van der Waals surface area contributed by atoms with Gasteiger partial charge >= 0.3 is 0 Å². The molecule has 94 valence electrons. The second kappa shape index (κ2) is 5.10. The van der Waals surface area contributed by atoms with Gasteiger partial charge in [-0.3, -0.25) is 0 Å². The Labute approximate surface area is 103 Å². The molecule has 0 saturated heterocycles. The van der Waals surface area contributed by atoms with E-state index in [1.54, 1.807) is 19.1 Å². The van der Waals surface area contributed by atoms with Gasteiger partial charge in [0.15, 0.2) is 0 Å². The number of aliphatic hydroxyl groups is 1. The van der Waals surface area contributed by atoms with Gasteiger partial charge in [-0.05, 0) is 19.1 Å². The smallest absolute Gasteiger partial charge is 0.225 e. The van der Waals surface area contributed by atoms with Crippen LogP contribution in [0.25, 0.3) is 0 Å². The summed E-state index contributed by atoms with van der Waals surface area (Å²) in [5.74, 6) is -1.36. The van der Waals surface area contributed by atoms with Crippen LogP contribution in [0.15, 0.2) is 36.5 Å². The van der Waals surface area contributed by atoms with Crippen LogP contribution in [0.2, 0.25) is 0 Å². The van der Waals surface area contributed by atoms with Crippen molar-refractivity contribution >= 4 is 0 Å². The molecule has 3 nitrogen and oxygen atoms in total. The average Bonchev–Trinajstić information content (AvgIpc) is 2.27. The molecule has 2 rings (SSSR count). The minimum absolute atomic E-state index is 0.00639. The molecule has 0 radical (unpaired) electrons. The van der Waals surface area contributed by atoms with Crippen molar-refractivity contribution in [2.75, 3.05) is 0 Å². The van der Waals surface area contributed by atoms with E-state index in [0.29, 0.717) is 5.56 Å². The van der Waals surface area contributed by atoms with Crippen LogP contribution < -0.4 is 4.74 Å². The molecule has 0 aliphatic heterocycles. The van der Waals surface area contributed by atoms with Crippen molar-refractivity contribution in [3.63, 3.8) is 0 Å². The van der Waals surface area contributed by atoms with Gasteiger partial charge in [-0.1, -0.05) is 0 Å². The zero-order valence-electron chi connectivity index (χ0n) is 9.60. The Bertz CT molecular complexity index is 538. The Kier molecular flexibility index (Phi) is 3.53. The molecule has 0 bridgehead atoms. The van der Waals surface area contributed by atoms with Crippen LogP contribution in [0, 0.1) is 11.6 Å². The minimum atomic E-state index is -0.785. The van der Waals surface area contributed by atoms with Crippen LogP contribution in [0.3, 0.4) is 0 Å². The van der Waals surface area contributed by atoms with E-state index >= 15 is 0 Å². The molecule has 2 aromatic rings. The molecular formula is C13H11F2NO2. The molecule has 0 fully saturated rings. The fourth-order valence-corrected chi connectivity index (χ4v) is 1.51. The van der Waals surface area contributed by atoms with Crippen molar-refractivity contribution in [1.82, 2.24) is 4.98 Å². The highest BCUT2D eigenvalue weighted by molar-refractivity contribution is 5.33. The van der Waals surface area contributed by atoms with E-state index in [2.05, 4.69) is 4.98 Å². The van der Waals surface area contributed by atoms with E-state index in [1.165, 1.54) is 6.20 Å². The van der Waals surface area contributed by atoms with Crippen LogP contribution in [-0.4, -0.2) is 10.1 Å². The molecule has 5 heteroatoms. The van der Waals surface area contributed by atoms with Gasteiger partial charge in [0.1, 0.15) is 17.4 Å². The molecule has 0 unspecified atom stereocenters. The van der Waals surface area contributed by atoms with E-state index in [-0.39, 0.29) is 11.6 Å². The SMILES string of the molecule is C[C@@H](O)c1cccnc1Oc1cc(F)cc(F)c1. The van der Waals surface area contributed by atoms with Gasteiger partial charge in [-0.25, -0.2) is 13.8 Å². The summed E-state index contributed by atoms with van der Waals surface area (Å²) in [6.07, 6.45) is 0.684. The second-order valence-electron chi connectivity index (χ2n) is 3.78. The molecule has 1 N–H and O–H groups in total. The lowest BCUT2D eigenvalue weighted by Gasteiger charge is -2.11. The van der Waals surface area contributed by atoms with Crippen molar-refractivity contribution < 1.29 is 18.6 Å². The first kappa shape index (κ1) is 12.4. The van der Waals surface area contributed by atoms with Crippen LogP contribution >= 0.6 is 0 Å². The first-order chi connectivity index (χ1) is 8.56. The summed E-state index contributed by atoms with van der Waals surface area (Å²) in [4.78, 5) is 3.93. The lowest BCUT2D eigenvalue weighted by atomic mass is 10.2. The van der Waals surface area contributed by atoms with Gasteiger partial charge in [-0.2, -0.15) is 0 Å². The van der Waals surface area contributed by atoms with Crippen molar-refractivity contribution in [3.05, 3.63) is 53.7 Å². The predicted molar refractivity (Wildman–Crippen MR) is 61.3 cm³/mol. The Morgan fingerprint density at radius 2 is 1.89 bits per heavy atom. The number of halogens is 2. The zero-order chi connectivity index (χ0) is 13.1. The third-order valence-electron chi connectivity index (χ3n) is 2.30. The minimum Gasteiger partial charge on any atom is -0.438 e. The van der Waals surface area contributed by atoms with Crippen LogP contribution in [0.4, 0.5) is 8.78 Å². The number of pyridine rings is 1. The highest BCUT2D eigenvalue weighted by atomic mass is 19.1. The summed E-state index contributed by atoms with van der Waals surface area (Å²) in [6.45, 7) is 1.55. The third kappa shape index (κ3) is 2.81. The molecular weight excluding hydrogens is 240 g/mol. The maximum absolute atomic E-state index is 13.0. The Balaban J connectivity index is 2.34. The molecule has 1 aromatic heterocycles. The summed E-state index contributed by atoms with van der Waals surface area (Å²) >= 11 is 0. The number of rotatable bonds is 3. The summed E-state index contributed by atoms with van der Waals surface area (Å²) in [7, 11) is 0. The summed E-state index contributed by atoms with van der Waals surface area (Å²) in [5, 5.41) is 9.52. The lowest BCUT2D eigenvalue weighted by molar-refractivity contribution is 0.194. The molecule has 1 atom stereocenters. The number of hydrogen-bond donors (Lipinski definition) is 1. The van der Waals surface area contributed by atoms with E-state index in [1.807, 2.05) is 0 Å². The Hall–Kier alpha value is -2.01. The van der Waals surface area contributed by atoms with Gasteiger partial charge < -0.3 is 9.84 Å². The number of nitrogens with zero attached hydrogens (tertiary/aromatic N) is 1. The van der Waals surface area contributed by atoms with Crippen molar-refractivity contribution in [2.45, 2.75) is 13.0 Å². The first-order valence-corrected chi connectivity index (χ1v) is 5.33. The first-order valence-electron chi connectivity index (χ1n) is 5.33. The molecule has 1 heterocycles. The van der Waals surface area contributed by atoms with E-state index in [4.69, 9.17) is 4.74 Å². The molecule has 18 heavy (non-hydrogen) atoms. The lowest BCUT2D eigenvalue weighted by Crippen LogP contribution is -1.98. The number of hydrogen-bond acceptors (Lipinski definition) is 3. The normalized spacial score (nSPS) is 12.2. The highest BCUT2D eigenvalue weighted by Crippen LogP contribution is 2.27. The number of benzene rings is 1. The van der Waals surface area contributed by atoms with Crippen LogP contribution in [0.5, 0.6) is 11.6 Å². The molecule has 0 aliphatic rings. The quantitative estimate of drug-likeness (QED) is 0.910. The van der Waals surface area contributed by atoms with E-state index in [0.717, 1.165) is 18.2 Å². The van der Waals surface area contributed by atoms with Gasteiger partial charge in [0.05, 0.1) is 6.10 Å². The summed E-state index contributed by atoms with van der Waals surface area (Å²) < 4.78 is 31.3. The van der Waals surface area contributed by atoms with E-state index in [9.17, 15) is 13.9 Å². The number of ether oxygens (including phenoxy) is 1. The van der Waals surface area contributed by atoms with Gasteiger partial charge in [0, 0.05) is 30.0 Å². The van der Waals surface area contributed by atoms with Gasteiger partial charge in [-0.15, -0.1) is 0 Å². The Morgan fingerprint density at radius 1 is 1.22 bits per heavy atom. The summed E-state index contributed by atoms with van der Waals surface area (Å²) in [6, 6.07) is 6.11. The summed E-state index contributed by atoms with van der Waals surface area (Å²) in [5.41, 5.74) is 0.446. The van der Waals surface area contributed by atoms with Crippen LogP contribution in [0.1, 0.15) is 18.6 Å². The van der Waals surface area contributed by atoms with E-state index < -0.39 is 17.7 Å².